The molecule has 2 aliphatic rings. The molecule has 6 nitrogen and oxygen atoms in total. The quantitative estimate of drug-likeness (QED) is 0.507. The van der Waals surface area contributed by atoms with E-state index in [1.54, 1.807) is 6.92 Å². The van der Waals surface area contributed by atoms with Gasteiger partial charge >= 0.3 is 6.09 Å². The molecule has 0 aliphatic heterocycles. The lowest BCUT2D eigenvalue weighted by Crippen LogP contribution is -2.37. The van der Waals surface area contributed by atoms with Crippen molar-refractivity contribution in [2.75, 3.05) is 18.5 Å². The molecular weight excluding hydrogens is 459 g/mol. The van der Waals surface area contributed by atoms with Crippen molar-refractivity contribution in [1.29, 1.82) is 0 Å². The lowest BCUT2D eigenvalue weighted by molar-refractivity contribution is -0.114. The summed E-state index contributed by atoms with van der Waals surface area (Å²) in [4.78, 5) is 37.5. The highest BCUT2D eigenvalue weighted by Gasteiger charge is 2.33. The zero-order valence-corrected chi connectivity index (χ0v) is 20.2. The van der Waals surface area contributed by atoms with Gasteiger partial charge in [0, 0.05) is 30.9 Å². The highest BCUT2D eigenvalue weighted by atomic mass is 19.1. The molecule has 2 amide bonds. The summed E-state index contributed by atoms with van der Waals surface area (Å²) in [5.74, 6) is -1.60. The van der Waals surface area contributed by atoms with E-state index in [4.69, 9.17) is 4.74 Å². The Hall–Kier alpha value is -4.00. The minimum atomic E-state index is -0.590. The number of nitrogens with one attached hydrogen (secondary N) is 2. The van der Waals surface area contributed by atoms with Crippen LogP contribution in [-0.2, 0) is 16.0 Å². The fourth-order valence-corrected chi connectivity index (χ4v) is 5.39. The average Bonchev–Trinajstić information content (AvgIpc) is 3.18. The summed E-state index contributed by atoms with van der Waals surface area (Å²) >= 11 is 0. The number of ketones is 1. The molecule has 3 aromatic carbocycles. The fraction of sp³-hybridized carbons (Fsp3) is 0.276. The van der Waals surface area contributed by atoms with Crippen molar-refractivity contribution in [3.05, 3.63) is 88.2 Å². The number of fused-ring (bicyclic) bond motifs is 4. The van der Waals surface area contributed by atoms with Crippen LogP contribution >= 0.6 is 0 Å². The van der Waals surface area contributed by atoms with Crippen molar-refractivity contribution in [2.24, 2.45) is 5.92 Å². The van der Waals surface area contributed by atoms with E-state index in [0.29, 0.717) is 29.5 Å². The number of benzene rings is 3. The monoisotopic (exact) mass is 486 g/mol. The lowest BCUT2D eigenvalue weighted by Gasteiger charge is -2.27. The fourth-order valence-electron chi connectivity index (χ4n) is 5.39. The largest absolute Gasteiger partial charge is 0.449 e. The van der Waals surface area contributed by atoms with E-state index in [-0.39, 0.29) is 36.4 Å². The molecule has 184 valence electrons. The minimum Gasteiger partial charge on any atom is -0.449 e. The number of rotatable bonds is 5. The first kappa shape index (κ1) is 23.7. The predicted molar refractivity (Wildman–Crippen MR) is 135 cm³/mol. The van der Waals surface area contributed by atoms with Gasteiger partial charge in [-0.2, -0.15) is 0 Å². The topological polar surface area (TPSA) is 84.5 Å². The van der Waals surface area contributed by atoms with Gasteiger partial charge in [0.05, 0.1) is 5.69 Å². The molecule has 0 fully saturated rings. The van der Waals surface area contributed by atoms with E-state index >= 15 is 0 Å². The van der Waals surface area contributed by atoms with Crippen molar-refractivity contribution < 1.29 is 23.5 Å². The average molecular weight is 487 g/mol. The molecule has 0 saturated carbocycles. The second-order valence-electron chi connectivity index (χ2n) is 9.37. The van der Waals surface area contributed by atoms with Gasteiger partial charge in [0.2, 0.25) is 5.91 Å². The summed E-state index contributed by atoms with van der Waals surface area (Å²) in [6.07, 6.45) is 0.362. The summed E-state index contributed by atoms with van der Waals surface area (Å²) < 4.78 is 19.9. The van der Waals surface area contributed by atoms with E-state index in [1.807, 2.05) is 24.3 Å². The van der Waals surface area contributed by atoms with Crippen LogP contribution < -0.4 is 10.6 Å². The van der Waals surface area contributed by atoms with Crippen molar-refractivity contribution in [2.45, 2.75) is 32.6 Å². The molecule has 0 radical (unpaired) electrons. The zero-order chi connectivity index (χ0) is 25.4. The van der Waals surface area contributed by atoms with Crippen LogP contribution in [0.5, 0.6) is 0 Å². The molecule has 2 N–H and O–H groups in total. The third-order valence-corrected chi connectivity index (χ3v) is 7.16. The first-order valence-corrected chi connectivity index (χ1v) is 12.1. The first-order valence-electron chi connectivity index (χ1n) is 12.1. The lowest BCUT2D eigenvalue weighted by atomic mass is 9.79. The molecule has 3 aromatic rings. The summed E-state index contributed by atoms with van der Waals surface area (Å²) in [5, 5.41) is 5.30. The number of halogens is 1. The first-order chi connectivity index (χ1) is 17.3. The van der Waals surface area contributed by atoms with Crippen LogP contribution in [0.2, 0.25) is 0 Å². The number of Topliss-reactive ketones (excluding diaryl/α,β-unsaturated/α-hetero) is 1. The number of carbonyl (C=O) groups excluding carboxylic acids is 3. The molecule has 0 aromatic heterocycles. The molecule has 5 rings (SSSR count). The van der Waals surface area contributed by atoms with Gasteiger partial charge in [-0.05, 0) is 59.2 Å². The Morgan fingerprint density at radius 1 is 1.06 bits per heavy atom. The third-order valence-electron chi connectivity index (χ3n) is 7.16. The summed E-state index contributed by atoms with van der Waals surface area (Å²) in [5.41, 5.74) is 6.07. The Bertz CT molecular complexity index is 1340. The summed E-state index contributed by atoms with van der Waals surface area (Å²) in [6.45, 7) is 3.24. The van der Waals surface area contributed by atoms with Crippen molar-refractivity contribution in [3.63, 3.8) is 0 Å². The van der Waals surface area contributed by atoms with E-state index < -0.39 is 17.8 Å². The highest BCUT2D eigenvalue weighted by molar-refractivity contribution is 6.08. The van der Waals surface area contributed by atoms with Crippen LogP contribution in [-0.4, -0.2) is 30.9 Å². The smallest absolute Gasteiger partial charge is 0.407 e. The predicted octanol–water partition coefficient (Wildman–Crippen LogP) is 5.38. The molecule has 36 heavy (non-hydrogen) atoms. The van der Waals surface area contributed by atoms with Crippen LogP contribution in [0.4, 0.5) is 14.9 Å². The van der Waals surface area contributed by atoms with Crippen molar-refractivity contribution in [1.82, 2.24) is 5.32 Å². The molecule has 0 bridgehead atoms. The number of ether oxygens (including phenoxy) is 1. The van der Waals surface area contributed by atoms with Gasteiger partial charge in [-0.15, -0.1) is 0 Å². The van der Waals surface area contributed by atoms with E-state index in [0.717, 1.165) is 22.3 Å². The number of amides is 2. The Balaban J connectivity index is 1.25. The maximum absolute atomic E-state index is 14.4. The molecule has 0 saturated heterocycles. The molecule has 1 atom stereocenters. The zero-order valence-electron chi connectivity index (χ0n) is 20.2. The summed E-state index contributed by atoms with van der Waals surface area (Å²) in [7, 11) is 0. The highest BCUT2D eigenvalue weighted by Crippen LogP contribution is 2.44. The Labute approximate surface area is 208 Å². The van der Waals surface area contributed by atoms with E-state index in [2.05, 4.69) is 34.9 Å². The van der Waals surface area contributed by atoms with Crippen molar-refractivity contribution >= 4 is 23.5 Å². The number of hydrogen-bond donors (Lipinski definition) is 2. The normalized spacial score (nSPS) is 16.1. The van der Waals surface area contributed by atoms with Crippen LogP contribution in [0, 0.1) is 18.7 Å². The maximum Gasteiger partial charge on any atom is 0.407 e. The molecule has 1 unspecified atom stereocenters. The van der Waals surface area contributed by atoms with Gasteiger partial charge in [-0.25, -0.2) is 9.18 Å². The third kappa shape index (κ3) is 4.26. The Kier molecular flexibility index (Phi) is 6.31. The number of alkyl carbamates (subject to hydrolysis) is 1. The van der Waals surface area contributed by atoms with Gasteiger partial charge < -0.3 is 15.4 Å². The number of hydrogen-bond acceptors (Lipinski definition) is 4. The minimum absolute atomic E-state index is 0.0515. The van der Waals surface area contributed by atoms with Gasteiger partial charge in [-0.3, -0.25) is 9.59 Å². The maximum atomic E-state index is 14.4. The SMILES string of the molecule is CC(=O)Nc1cc(F)c(C)c2c1C(=O)C(CNC(=O)OCC1c3ccccc3-c3ccccc31)CC2. The van der Waals surface area contributed by atoms with Gasteiger partial charge in [-0.1, -0.05) is 48.5 Å². The molecule has 0 spiro atoms. The molecule has 2 aliphatic carbocycles. The summed E-state index contributed by atoms with van der Waals surface area (Å²) in [6, 6.07) is 17.4. The number of anilines is 1. The second-order valence-corrected chi connectivity index (χ2v) is 9.37. The molecule has 7 heteroatoms. The van der Waals surface area contributed by atoms with E-state index in [9.17, 15) is 18.8 Å². The standard InChI is InChI=1S/C29H27FN2O4/c1-16-19-12-11-18(28(34)27(19)26(13-25(16)30)32-17(2)33)14-31-29(35)36-15-24-22-9-5-3-7-20(22)21-8-4-6-10-23(21)24/h3-10,13,18,24H,11-12,14-15H2,1-2H3,(H,31,35)(H,32,33). The van der Waals surface area contributed by atoms with Crippen LogP contribution in [0.25, 0.3) is 11.1 Å². The van der Waals surface area contributed by atoms with Gasteiger partial charge in [0.1, 0.15) is 12.4 Å². The van der Waals surface area contributed by atoms with Crippen LogP contribution in [0.15, 0.2) is 54.6 Å². The molecular formula is C29H27FN2O4. The number of carbonyl (C=O) groups is 3. The van der Waals surface area contributed by atoms with Gasteiger partial charge in [0.25, 0.3) is 0 Å². The Morgan fingerprint density at radius 3 is 2.33 bits per heavy atom. The van der Waals surface area contributed by atoms with Crippen LogP contribution in [0.1, 0.15) is 51.9 Å². The van der Waals surface area contributed by atoms with Crippen LogP contribution in [0.3, 0.4) is 0 Å². The van der Waals surface area contributed by atoms with Gasteiger partial charge in [0.15, 0.2) is 5.78 Å². The van der Waals surface area contributed by atoms with E-state index in [1.165, 1.54) is 13.0 Å². The Morgan fingerprint density at radius 2 is 1.69 bits per heavy atom. The molecule has 0 heterocycles. The van der Waals surface area contributed by atoms with Crippen molar-refractivity contribution in [3.8, 4) is 11.1 Å². The second kappa shape index (κ2) is 9.57.